The Kier molecular flexibility index (Phi) is 5.08. The number of para-hydroxylation sites is 1. The molecule has 0 spiro atoms. The lowest BCUT2D eigenvalue weighted by Gasteiger charge is -2.26. The second kappa shape index (κ2) is 6.81. The monoisotopic (exact) mass is 312 g/mol. The third-order valence-electron chi connectivity index (χ3n) is 3.03. The molecule has 0 aromatic heterocycles. The van der Waals surface area contributed by atoms with Gasteiger partial charge in [0, 0.05) is 35.4 Å². The van der Waals surface area contributed by atoms with E-state index in [1.165, 1.54) is 0 Å². The minimum absolute atomic E-state index is 0.0632. The van der Waals surface area contributed by atoms with Gasteiger partial charge in [-0.25, -0.2) is 0 Å². The molecule has 0 bridgehead atoms. The summed E-state index contributed by atoms with van der Waals surface area (Å²) in [6.07, 6.45) is 0. The molecular weight excluding hydrogens is 296 g/mol. The fourth-order valence-electron chi connectivity index (χ4n) is 1.91. The zero-order valence-corrected chi connectivity index (χ0v) is 12.5. The van der Waals surface area contributed by atoms with E-state index in [9.17, 15) is 9.00 Å². The van der Waals surface area contributed by atoms with E-state index >= 15 is 0 Å². The molecule has 1 heterocycles. The summed E-state index contributed by atoms with van der Waals surface area (Å²) in [5.41, 5.74) is 6.22. The van der Waals surface area contributed by atoms with E-state index in [0.717, 1.165) is 0 Å². The maximum Gasteiger partial charge on any atom is 0.260 e. The van der Waals surface area contributed by atoms with Crippen LogP contribution in [0.1, 0.15) is 5.56 Å². The lowest BCUT2D eigenvalue weighted by molar-refractivity contribution is -0.133. The second-order valence-electron chi connectivity index (χ2n) is 4.38. The van der Waals surface area contributed by atoms with Gasteiger partial charge in [-0.1, -0.05) is 24.4 Å². The quantitative estimate of drug-likeness (QED) is 0.809. The van der Waals surface area contributed by atoms with Crippen LogP contribution >= 0.6 is 12.2 Å². The Morgan fingerprint density at radius 2 is 2.00 bits per heavy atom. The van der Waals surface area contributed by atoms with Crippen LogP contribution in [0.25, 0.3) is 0 Å². The summed E-state index contributed by atoms with van der Waals surface area (Å²) in [4.78, 5) is 13.9. The minimum Gasteiger partial charge on any atom is -0.483 e. The van der Waals surface area contributed by atoms with Crippen molar-refractivity contribution in [3.63, 3.8) is 0 Å². The smallest absolute Gasteiger partial charge is 0.260 e. The standard InChI is InChI=1S/C13H16N2O3S2/c14-13(19)10-3-1-2-4-11(10)18-9-12(16)15-5-7-20(17)8-6-15/h1-4H,5-9H2,(H2,14,19). The summed E-state index contributed by atoms with van der Waals surface area (Å²) in [5.74, 6) is 1.47. The van der Waals surface area contributed by atoms with Crippen LogP contribution in [0.15, 0.2) is 24.3 Å². The Bertz CT molecular complexity index is 538. The summed E-state index contributed by atoms with van der Waals surface area (Å²) >= 11 is 4.94. The summed E-state index contributed by atoms with van der Waals surface area (Å²) in [6.45, 7) is 0.976. The van der Waals surface area contributed by atoms with E-state index in [-0.39, 0.29) is 17.5 Å². The molecule has 108 valence electrons. The maximum atomic E-state index is 12.0. The number of hydrogen-bond acceptors (Lipinski definition) is 4. The Balaban J connectivity index is 1.93. The van der Waals surface area contributed by atoms with E-state index in [0.29, 0.717) is 35.9 Å². The number of hydrogen-bond donors (Lipinski definition) is 1. The van der Waals surface area contributed by atoms with Crippen molar-refractivity contribution in [3.8, 4) is 5.75 Å². The first-order valence-electron chi connectivity index (χ1n) is 6.22. The summed E-state index contributed by atoms with van der Waals surface area (Å²) in [6, 6.07) is 7.09. The molecule has 1 aliphatic rings. The maximum absolute atomic E-state index is 12.0. The highest BCUT2D eigenvalue weighted by Gasteiger charge is 2.20. The van der Waals surface area contributed by atoms with Gasteiger partial charge in [-0.2, -0.15) is 0 Å². The number of carbonyl (C=O) groups excluding carboxylic acids is 1. The predicted molar refractivity (Wildman–Crippen MR) is 82.3 cm³/mol. The second-order valence-corrected chi connectivity index (χ2v) is 6.51. The number of thiocarbonyl (C=S) groups is 1. The Labute approximate surface area is 125 Å². The highest BCUT2D eigenvalue weighted by atomic mass is 32.2. The predicted octanol–water partition coefficient (Wildman–Crippen LogP) is 0.291. The molecular formula is C13H16N2O3S2. The third-order valence-corrected chi connectivity index (χ3v) is 4.53. The van der Waals surface area contributed by atoms with Crippen molar-refractivity contribution in [1.82, 2.24) is 4.90 Å². The summed E-state index contributed by atoms with van der Waals surface area (Å²) in [5, 5.41) is 0. The largest absolute Gasteiger partial charge is 0.483 e. The highest BCUT2D eigenvalue weighted by molar-refractivity contribution is 7.85. The average Bonchev–Trinajstić information content (AvgIpc) is 2.45. The van der Waals surface area contributed by atoms with Crippen LogP contribution in [0.5, 0.6) is 5.75 Å². The number of amides is 1. The fourth-order valence-corrected chi connectivity index (χ4v) is 3.13. The van der Waals surface area contributed by atoms with Crippen molar-refractivity contribution in [2.24, 2.45) is 5.73 Å². The van der Waals surface area contributed by atoms with E-state index in [1.54, 1.807) is 23.1 Å². The van der Waals surface area contributed by atoms with Crippen LogP contribution in [-0.4, -0.2) is 51.2 Å². The van der Waals surface area contributed by atoms with Gasteiger partial charge in [0.05, 0.1) is 5.56 Å². The molecule has 1 amide bonds. The lowest BCUT2D eigenvalue weighted by atomic mass is 10.2. The van der Waals surface area contributed by atoms with E-state index in [4.69, 9.17) is 22.7 Å². The Morgan fingerprint density at radius 3 is 2.65 bits per heavy atom. The minimum atomic E-state index is -0.796. The van der Waals surface area contributed by atoms with Crippen LogP contribution < -0.4 is 10.5 Å². The number of carbonyl (C=O) groups is 1. The first kappa shape index (κ1) is 14.9. The zero-order valence-electron chi connectivity index (χ0n) is 10.9. The molecule has 1 aromatic rings. The van der Waals surface area contributed by atoms with Crippen molar-refractivity contribution in [2.75, 3.05) is 31.2 Å². The zero-order chi connectivity index (χ0) is 14.5. The van der Waals surface area contributed by atoms with Gasteiger partial charge in [-0.05, 0) is 12.1 Å². The Hall–Kier alpha value is -1.47. The van der Waals surface area contributed by atoms with Crippen LogP contribution in [0.3, 0.4) is 0 Å². The van der Waals surface area contributed by atoms with Crippen molar-refractivity contribution >= 4 is 33.9 Å². The molecule has 1 saturated heterocycles. The molecule has 1 aromatic carbocycles. The third kappa shape index (κ3) is 3.77. The summed E-state index contributed by atoms with van der Waals surface area (Å²) in [7, 11) is -0.796. The van der Waals surface area contributed by atoms with Crippen LogP contribution in [0.2, 0.25) is 0 Å². The van der Waals surface area contributed by atoms with Crippen molar-refractivity contribution in [1.29, 1.82) is 0 Å². The Morgan fingerprint density at radius 1 is 1.35 bits per heavy atom. The van der Waals surface area contributed by atoms with Crippen molar-refractivity contribution in [2.45, 2.75) is 0 Å². The van der Waals surface area contributed by atoms with Crippen molar-refractivity contribution in [3.05, 3.63) is 29.8 Å². The highest BCUT2D eigenvalue weighted by Crippen LogP contribution is 2.17. The van der Waals surface area contributed by atoms with Crippen LogP contribution in [0, 0.1) is 0 Å². The lowest BCUT2D eigenvalue weighted by Crippen LogP contribution is -2.43. The molecule has 0 saturated carbocycles. The van der Waals surface area contributed by atoms with E-state index in [1.807, 2.05) is 6.07 Å². The molecule has 0 unspecified atom stereocenters. The van der Waals surface area contributed by atoms with Crippen molar-refractivity contribution < 1.29 is 13.7 Å². The topological polar surface area (TPSA) is 72.6 Å². The molecule has 0 atom stereocenters. The van der Waals surface area contributed by atoms with Gasteiger partial charge < -0.3 is 15.4 Å². The van der Waals surface area contributed by atoms with Crippen LogP contribution in [-0.2, 0) is 15.6 Å². The molecule has 5 nitrogen and oxygen atoms in total. The van der Waals surface area contributed by atoms with Crippen LogP contribution in [0.4, 0.5) is 0 Å². The molecule has 0 aliphatic carbocycles. The van der Waals surface area contributed by atoms with E-state index < -0.39 is 10.8 Å². The van der Waals surface area contributed by atoms with Gasteiger partial charge in [0.1, 0.15) is 10.7 Å². The van der Waals surface area contributed by atoms with Gasteiger partial charge >= 0.3 is 0 Å². The first-order valence-corrected chi connectivity index (χ1v) is 8.12. The molecule has 7 heteroatoms. The van der Waals surface area contributed by atoms with Gasteiger partial charge in [0.25, 0.3) is 5.91 Å². The SMILES string of the molecule is NC(=S)c1ccccc1OCC(=O)N1CCS(=O)CC1. The fraction of sp³-hybridized carbons (Fsp3) is 0.385. The van der Waals surface area contributed by atoms with Gasteiger partial charge in [-0.3, -0.25) is 9.00 Å². The number of nitrogens with zero attached hydrogens (tertiary/aromatic N) is 1. The molecule has 1 aliphatic heterocycles. The normalized spacial score (nSPS) is 15.9. The molecule has 1 fully saturated rings. The number of benzene rings is 1. The number of rotatable bonds is 4. The van der Waals surface area contributed by atoms with Gasteiger partial charge in [0.2, 0.25) is 0 Å². The van der Waals surface area contributed by atoms with Gasteiger partial charge in [0.15, 0.2) is 6.61 Å². The average molecular weight is 312 g/mol. The first-order chi connectivity index (χ1) is 9.58. The molecule has 2 rings (SSSR count). The number of nitrogens with two attached hydrogens (primary N) is 1. The molecule has 0 radical (unpaired) electrons. The summed E-state index contributed by atoms with van der Waals surface area (Å²) < 4.78 is 16.7. The molecule has 2 N–H and O–H groups in total. The number of ether oxygens (including phenoxy) is 1. The molecule has 20 heavy (non-hydrogen) atoms. The van der Waals surface area contributed by atoms with E-state index in [2.05, 4.69) is 0 Å². The van der Waals surface area contributed by atoms with Gasteiger partial charge in [-0.15, -0.1) is 0 Å².